The van der Waals surface area contributed by atoms with Gasteiger partial charge in [0.2, 0.25) is 5.89 Å². The summed E-state index contributed by atoms with van der Waals surface area (Å²) in [5, 5.41) is 6.38. The molecule has 0 amide bonds. The zero-order valence-electron chi connectivity index (χ0n) is 19.3. The average Bonchev–Trinajstić information content (AvgIpc) is 3.17. The lowest BCUT2D eigenvalue weighted by molar-refractivity contribution is 0.306. The van der Waals surface area contributed by atoms with Gasteiger partial charge in [-0.1, -0.05) is 44.2 Å². The highest BCUT2D eigenvalue weighted by Gasteiger charge is 2.29. The molecule has 2 heterocycles. The summed E-state index contributed by atoms with van der Waals surface area (Å²) in [6, 6.07) is 17.8. The molecule has 4 N–H and O–H groups in total. The molecule has 3 aromatic rings. The second kappa shape index (κ2) is 9.92. The Labute approximate surface area is 194 Å². The van der Waals surface area contributed by atoms with Crippen molar-refractivity contribution in [2.45, 2.75) is 39.5 Å². The van der Waals surface area contributed by atoms with E-state index >= 15 is 0 Å². The standard InChI is InChI=1S/C26H31N5O2/c1-18(2)16-29-25-28-14-13-26(27,31-25)15-23-19(3)30-24(33-23)21-9-11-22(12-10-21)32-17-20-7-5-4-6-8-20/h4-14,18H,15-17,27H2,1-3H3,(H2,28,29,31). The van der Waals surface area contributed by atoms with Crippen LogP contribution in [-0.2, 0) is 13.0 Å². The molecule has 0 spiro atoms. The molecule has 1 unspecified atom stereocenters. The Morgan fingerprint density at radius 2 is 1.88 bits per heavy atom. The molecule has 1 atom stereocenters. The first-order valence-corrected chi connectivity index (χ1v) is 11.2. The van der Waals surface area contributed by atoms with Gasteiger partial charge in [-0.2, -0.15) is 0 Å². The molecule has 33 heavy (non-hydrogen) atoms. The van der Waals surface area contributed by atoms with Crippen LogP contribution in [0.2, 0.25) is 0 Å². The molecule has 0 bridgehead atoms. The molecule has 7 heteroatoms. The molecule has 1 aliphatic rings. The van der Waals surface area contributed by atoms with Crippen LogP contribution in [0.1, 0.15) is 30.9 Å². The molecule has 0 saturated carbocycles. The lowest BCUT2D eigenvalue weighted by atomic mass is 10.0. The van der Waals surface area contributed by atoms with Crippen LogP contribution in [0.15, 0.2) is 76.3 Å². The van der Waals surface area contributed by atoms with Crippen LogP contribution < -0.4 is 21.1 Å². The molecule has 4 rings (SSSR count). The van der Waals surface area contributed by atoms with Gasteiger partial charge in [-0.3, -0.25) is 4.99 Å². The van der Waals surface area contributed by atoms with Gasteiger partial charge in [0.15, 0.2) is 5.96 Å². The lowest BCUT2D eigenvalue weighted by Crippen LogP contribution is -2.61. The van der Waals surface area contributed by atoms with E-state index < -0.39 is 5.66 Å². The maximum Gasteiger partial charge on any atom is 0.226 e. The van der Waals surface area contributed by atoms with Gasteiger partial charge in [0.05, 0.1) is 5.69 Å². The van der Waals surface area contributed by atoms with Crippen molar-refractivity contribution >= 4 is 5.96 Å². The molecule has 1 aromatic heterocycles. The Morgan fingerprint density at radius 3 is 2.61 bits per heavy atom. The monoisotopic (exact) mass is 445 g/mol. The summed E-state index contributed by atoms with van der Waals surface area (Å²) in [4.78, 5) is 9.16. The van der Waals surface area contributed by atoms with Gasteiger partial charge in [0, 0.05) is 24.7 Å². The quantitative estimate of drug-likeness (QED) is 0.482. The fraction of sp³-hybridized carbons (Fsp3) is 0.308. The Kier molecular flexibility index (Phi) is 6.79. The minimum atomic E-state index is -0.808. The van der Waals surface area contributed by atoms with Gasteiger partial charge in [-0.05, 0) is 48.7 Å². The van der Waals surface area contributed by atoms with E-state index in [-0.39, 0.29) is 0 Å². The second-order valence-electron chi connectivity index (χ2n) is 8.73. The fourth-order valence-corrected chi connectivity index (χ4v) is 3.45. The largest absolute Gasteiger partial charge is 0.489 e. The van der Waals surface area contributed by atoms with Crippen molar-refractivity contribution in [3.8, 4) is 17.2 Å². The first-order chi connectivity index (χ1) is 15.9. The number of ether oxygens (including phenoxy) is 1. The van der Waals surface area contributed by atoms with Crippen LogP contribution in [0.4, 0.5) is 0 Å². The van der Waals surface area contributed by atoms with Crippen LogP contribution in [0, 0.1) is 12.8 Å². The van der Waals surface area contributed by atoms with Gasteiger partial charge in [0.1, 0.15) is 23.8 Å². The van der Waals surface area contributed by atoms with Crippen molar-refractivity contribution in [2.24, 2.45) is 16.6 Å². The number of aromatic nitrogens is 1. The van der Waals surface area contributed by atoms with E-state index in [9.17, 15) is 0 Å². The number of aliphatic imine (C=N–C) groups is 1. The van der Waals surface area contributed by atoms with Crippen LogP contribution >= 0.6 is 0 Å². The van der Waals surface area contributed by atoms with Crippen molar-refractivity contribution in [2.75, 3.05) is 6.54 Å². The van der Waals surface area contributed by atoms with Gasteiger partial charge in [0.25, 0.3) is 0 Å². The summed E-state index contributed by atoms with van der Waals surface area (Å²) in [7, 11) is 0. The van der Waals surface area contributed by atoms with Crippen LogP contribution in [0.5, 0.6) is 5.75 Å². The van der Waals surface area contributed by atoms with Gasteiger partial charge in [-0.15, -0.1) is 0 Å². The number of benzene rings is 2. The highest BCUT2D eigenvalue weighted by Crippen LogP contribution is 2.26. The van der Waals surface area contributed by atoms with Crippen molar-refractivity contribution < 1.29 is 9.15 Å². The Hall–Kier alpha value is -3.58. The first-order valence-electron chi connectivity index (χ1n) is 11.2. The zero-order chi connectivity index (χ0) is 23.3. The van der Waals surface area contributed by atoms with E-state index in [4.69, 9.17) is 14.9 Å². The van der Waals surface area contributed by atoms with Crippen molar-refractivity contribution in [1.82, 2.24) is 15.6 Å². The van der Waals surface area contributed by atoms with Crippen LogP contribution in [-0.4, -0.2) is 23.2 Å². The van der Waals surface area contributed by atoms with Gasteiger partial charge >= 0.3 is 0 Å². The number of rotatable bonds is 8. The van der Waals surface area contributed by atoms with Crippen molar-refractivity contribution in [3.63, 3.8) is 0 Å². The van der Waals surface area contributed by atoms with Gasteiger partial charge < -0.3 is 25.5 Å². The molecular weight excluding hydrogens is 414 g/mol. The fourth-order valence-electron chi connectivity index (χ4n) is 3.45. The number of nitrogens with two attached hydrogens (primary N) is 1. The molecule has 0 radical (unpaired) electrons. The molecule has 1 aliphatic heterocycles. The Balaban J connectivity index is 1.42. The predicted molar refractivity (Wildman–Crippen MR) is 131 cm³/mol. The van der Waals surface area contributed by atoms with Crippen LogP contribution in [0.25, 0.3) is 11.5 Å². The maximum absolute atomic E-state index is 6.58. The van der Waals surface area contributed by atoms with Crippen LogP contribution in [0.3, 0.4) is 0 Å². The topological polar surface area (TPSA) is 97.7 Å². The Bertz CT molecular complexity index is 1120. The maximum atomic E-state index is 6.58. The normalized spacial score (nSPS) is 18.9. The van der Waals surface area contributed by atoms with E-state index in [0.29, 0.717) is 30.8 Å². The average molecular weight is 446 g/mol. The molecular formula is C26H31N5O2. The SMILES string of the molecule is Cc1nc(-c2ccc(OCc3ccccc3)cc2)oc1CC1(N)C=CNC(=NCC(C)C)N1. The molecule has 0 saturated heterocycles. The van der Waals surface area contributed by atoms with E-state index in [1.54, 1.807) is 0 Å². The summed E-state index contributed by atoms with van der Waals surface area (Å²) in [6.45, 7) is 7.43. The molecule has 2 aromatic carbocycles. The third kappa shape index (κ3) is 6.02. The minimum Gasteiger partial charge on any atom is -0.489 e. The lowest BCUT2D eigenvalue weighted by Gasteiger charge is -2.31. The molecule has 0 aliphatic carbocycles. The van der Waals surface area contributed by atoms with Crippen molar-refractivity contribution in [3.05, 3.63) is 83.9 Å². The predicted octanol–water partition coefficient (Wildman–Crippen LogP) is 4.15. The zero-order valence-corrected chi connectivity index (χ0v) is 19.3. The third-order valence-corrected chi connectivity index (χ3v) is 5.26. The molecule has 7 nitrogen and oxygen atoms in total. The van der Waals surface area contributed by atoms with E-state index in [0.717, 1.165) is 34.9 Å². The number of aryl methyl sites for hydroxylation is 1. The second-order valence-corrected chi connectivity index (χ2v) is 8.73. The van der Waals surface area contributed by atoms with E-state index in [1.807, 2.05) is 73.8 Å². The molecule has 0 fully saturated rings. The number of guanidine groups is 1. The van der Waals surface area contributed by atoms with E-state index in [2.05, 4.69) is 34.5 Å². The minimum absolute atomic E-state index is 0.447. The van der Waals surface area contributed by atoms with E-state index in [1.165, 1.54) is 0 Å². The number of hydrogen-bond acceptors (Lipinski definition) is 5. The highest BCUT2D eigenvalue weighted by atomic mass is 16.5. The van der Waals surface area contributed by atoms with Gasteiger partial charge in [-0.25, -0.2) is 4.98 Å². The Morgan fingerprint density at radius 1 is 1.12 bits per heavy atom. The summed E-state index contributed by atoms with van der Waals surface area (Å²) in [5.74, 6) is 3.22. The number of nitrogens with zero attached hydrogens (tertiary/aromatic N) is 2. The summed E-state index contributed by atoms with van der Waals surface area (Å²) >= 11 is 0. The number of hydrogen-bond donors (Lipinski definition) is 3. The molecule has 172 valence electrons. The number of oxazole rings is 1. The summed E-state index contributed by atoms with van der Waals surface area (Å²) < 4.78 is 12.0. The highest BCUT2D eigenvalue weighted by molar-refractivity contribution is 5.83. The number of nitrogens with one attached hydrogen (secondary N) is 2. The third-order valence-electron chi connectivity index (χ3n) is 5.26. The smallest absolute Gasteiger partial charge is 0.226 e. The summed E-state index contributed by atoms with van der Waals surface area (Å²) in [6.07, 6.45) is 4.14. The van der Waals surface area contributed by atoms with Crippen molar-refractivity contribution in [1.29, 1.82) is 0 Å². The summed E-state index contributed by atoms with van der Waals surface area (Å²) in [5.41, 5.74) is 8.60. The first kappa shape index (κ1) is 22.6.